The number of hydrogen-bond donors (Lipinski definition) is 8. The molecule has 9 aromatic carbocycles. The largest absolute Gasteiger partial charge is 0.493 e. The van der Waals surface area contributed by atoms with E-state index in [2.05, 4.69) is 97.3 Å². The van der Waals surface area contributed by atoms with Crippen LogP contribution in [0, 0.1) is 19.1 Å². The van der Waals surface area contributed by atoms with Gasteiger partial charge in [-0.2, -0.15) is 5.10 Å². The van der Waals surface area contributed by atoms with Crippen molar-refractivity contribution in [2.24, 2.45) is 0 Å². The van der Waals surface area contributed by atoms with Gasteiger partial charge in [0.05, 0.1) is 103 Å². The van der Waals surface area contributed by atoms with Gasteiger partial charge in [0.25, 0.3) is 5.91 Å². The van der Waals surface area contributed by atoms with E-state index in [9.17, 15) is 19.2 Å². The first-order valence-electron chi connectivity index (χ1n) is 46.8. The number of hydrogen-bond acceptors (Lipinski definition) is 29. The van der Waals surface area contributed by atoms with Crippen LogP contribution in [0.4, 0.5) is 23.3 Å². The lowest BCUT2D eigenvalue weighted by atomic mass is 10.0. The molecule has 0 atom stereocenters. The van der Waals surface area contributed by atoms with Crippen molar-refractivity contribution in [1.29, 1.82) is 0 Å². The molecule has 11 heterocycles. The van der Waals surface area contributed by atoms with E-state index in [-0.39, 0.29) is 23.3 Å². The molecule has 38 heteroatoms. The predicted octanol–water partition coefficient (Wildman–Crippen LogP) is 20.2. The highest BCUT2D eigenvalue weighted by Gasteiger charge is 2.25. The Morgan fingerprint density at radius 3 is 1.21 bits per heavy atom. The molecule has 0 unspecified atom stereocenters. The van der Waals surface area contributed by atoms with E-state index >= 15 is 0 Å². The summed E-state index contributed by atoms with van der Waals surface area (Å²) in [6, 6.07) is 59.6. The predicted molar refractivity (Wildman–Crippen MR) is 580 cm³/mol. The minimum Gasteiger partial charge on any atom is -0.493 e. The first-order valence-corrected chi connectivity index (χ1v) is 48.5. The van der Waals surface area contributed by atoms with E-state index in [1.807, 2.05) is 137 Å². The number of aromatic amines is 4. The topological polar surface area (TPSA) is 435 Å². The highest BCUT2D eigenvalue weighted by molar-refractivity contribution is 7.71. The van der Waals surface area contributed by atoms with Crippen molar-refractivity contribution in [3.63, 3.8) is 0 Å². The normalized spacial score (nSPS) is 12.0. The van der Waals surface area contributed by atoms with Gasteiger partial charge in [0, 0.05) is 203 Å². The van der Waals surface area contributed by atoms with Crippen molar-refractivity contribution in [1.82, 2.24) is 83.1 Å². The highest BCUT2D eigenvalue weighted by atomic mass is 32.1. The Bertz CT molecular complexity index is 8450. The average Bonchev–Trinajstić information content (AvgIpc) is 1.09. The standard InChI is InChI=1S/C34H36N6O4S.C28H27N5O4S.C25H23N5O2S.C21H21N5O3S/c1-38-13-15-39(16-14-38)33(42)22-8-6-21(7-9-22)23-10-11-26-24(17-23)18-28(36-26)29(41)5-4-12-40-32(35)25-19-30(43-2)31(44-3)20-27(25)37-34(40)45;1-35-24-13-19-21(14-25(24)36-2)32-28(38)33(27(19)29)10-4-5-23(34)22-12-18-11-16(6-8-20(18)31-22)17-7-9-26(37-3)30-15-17;1-31-22-11-19-21(12-23(22)32-2)29-25(33)30(24(19)26)9-7-17-14-28-20-6-5-15(10-18(17)20)16-4-3-8-27-13-16;1-28-17-10-13-15(11-18(17)29-2)23-21(30)26(20(13)22)9-5-8-16(27)19-12-6-3-4-7-14(12)24-25-19/h6-11,17-20,36H,4-5,12-16,35H2,1-3H3;6-9,11-15,31H,4-5,10,29H2,1-3H3;3-6,8,10-14,28H,7,9,26H2,1-2H3;3-4,6-7,10-11H,5,8-9,22H2,1-2H3,(H,24,25). The molecule has 0 spiro atoms. The quantitative estimate of drug-likeness (QED) is 0.0148. The minimum absolute atomic E-state index is 0.00441. The van der Waals surface area contributed by atoms with Crippen molar-refractivity contribution in [3.05, 3.63) is 260 Å². The van der Waals surface area contributed by atoms with Crippen LogP contribution in [-0.4, -0.2) is 204 Å². The molecule has 746 valence electrons. The van der Waals surface area contributed by atoms with Crippen molar-refractivity contribution in [2.75, 3.05) is 120 Å². The van der Waals surface area contributed by atoms with Gasteiger partial charge in [0.2, 0.25) is 25.0 Å². The van der Waals surface area contributed by atoms with E-state index in [0.717, 1.165) is 110 Å². The van der Waals surface area contributed by atoms with Crippen LogP contribution in [0.15, 0.2) is 213 Å². The average molecular weight is 2040 g/mol. The molecule has 19 aromatic rings. The summed E-state index contributed by atoms with van der Waals surface area (Å²) in [5.41, 5.74) is 41.8. The number of nitrogen functional groups attached to an aromatic ring is 4. The van der Waals surface area contributed by atoms with Gasteiger partial charge in [-0.3, -0.25) is 29.3 Å². The highest BCUT2D eigenvalue weighted by Crippen LogP contribution is 2.41. The van der Waals surface area contributed by atoms with E-state index in [1.165, 1.54) is 10.9 Å². The Kier molecular flexibility index (Phi) is 31.1. The molecule has 146 heavy (non-hydrogen) atoms. The van der Waals surface area contributed by atoms with Gasteiger partial charge in [0.1, 0.15) is 29.0 Å². The van der Waals surface area contributed by atoms with Crippen LogP contribution in [0.2, 0.25) is 0 Å². The number of nitrogens with two attached hydrogens (primary N) is 4. The maximum absolute atomic E-state index is 13.2. The third kappa shape index (κ3) is 21.7. The van der Waals surface area contributed by atoms with Gasteiger partial charge < -0.3 is 109 Å². The van der Waals surface area contributed by atoms with Crippen molar-refractivity contribution in [2.45, 2.75) is 71.1 Å². The van der Waals surface area contributed by atoms with E-state index in [1.54, 1.807) is 133 Å². The molecule has 1 aliphatic rings. The van der Waals surface area contributed by atoms with Crippen molar-refractivity contribution < 1.29 is 61.8 Å². The number of aromatic nitrogens is 15. The van der Waals surface area contributed by atoms with Crippen LogP contribution in [0.1, 0.15) is 85.9 Å². The summed E-state index contributed by atoms with van der Waals surface area (Å²) in [4.78, 5) is 92.3. The van der Waals surface area contributed by atoms with Crippen LogP contribution in [-0.2, 0) is 32.6 Å². The lowest BCUT2D eigenvalue weighted by Gasteiger charge is -2.32. The lowest BCUT2D eigenvalue weighted by Crippen LogP contribution is -2.47. The van der Waals surface area contributed by atoms with Crippen LogP contribution in [0.25, 0.3) is 121 Å². The first-order chi connectivity index (χ1) is 70.8. The number of nitrogens with one attached hydrogen (secondary N) is 4. The summed E-state index contributed by atoms with van der Waals surface area (Å²) < 4.78 is 56.7. The second-order valence-corrected chi connectivity index (χ2v) is 36.1. The second kappa shape index (κ2) is 44.9. The smallest absolute Gasteiger partial charge is 0.253 e. The number of Topliss-reactive ketones (excluding diaryl/α,β-unsaturated/α-hetero) is 3. The number of ketones is 3. The van der Waals surface area contributed by atoms with E-state index in [0.29, 0.717) is 220 Å². The number of benzene rings is 9. The molecule has 0 radical (unpaired) electrons. The Balaban J connectivity index is 0.000000135. The SMILES string of the molecule is COc1cc2nc(=S)n(CCCC(=O)c3cc4cc(-c5ccc(C(=O)N6CCN(C)CC6)cc5)ccc4[nH]3)c(N)c2cc1OC.COc1cc2nc(=S)n(CCCC(=O)c3n[nH]c4ccccc34)c(N)c2cc1OC.COc1cc2nc(=S)n(CCc3c[nH]c4ccc(-c5cccnc5)cc34)c(N)c2cc1OC.COc1ccc(-c2ccc3[nH]c(C(=O)CCCn4c(N)c5cc(OC)c(OC)cc5nc4=S)cc3c2)cn1. The molecule has 1 fully saturated rings. The summed E-state index contributed by atoms with van der Waals surface area (Å²) in [6.45, 7) is 5.26. The van der Waals surface area contributed by atoms with Crippen molar-refractivity contribution in [3.8, 4) is 85.3 Å². The minimum atomic E-state index is -0.0299. The third-order valence-electron chi connectivity index (χ3n) is 25.9. The number of aryl methyl sites for hydroxylation is 1. The fourth-order valence-corrected chi connectivity index (χ4v) is 19.0. The number of carbonyl (C=O) groups is 4. The Morgan fingerprint density at radius 2 is 0.781 bits per heavy atom. The lowest BCUT2D eigenvalue weighted by molar-refractivity contribution is 0.0663. The van der Waals surface area contributed by atoms with Crippen LogP contribution in [0.5, 0.6) is 51.9 Å². The molecular formula is C108H107N21O13S4. The van der Waals surface area contributed by atoms with Crippen LogP contribution >= 0.6 is 48.9 Å². The number of likely N-dealkylation sites (N-methyl/N-ethyl adjacent to an activating group) is 1. The van der Waals surface area contributed by atoms with Gasteiger partial charge in [-0.05, 0) is 213 Å². The molecular weight excluding hydrogens is 1930 g/mol. The van der Waals surface area contributed by atoms with Gasteiger partial charge in [0.15, 0.2) is 63.3 Å². The molecule has 0 saturated carbocycles. The zero-order chi connectivity index (χ0) is 103. The summed E-state index contributed by atoms with van der Waals surface area (Å²) in [5.74, 6) is 7.10. The molecule has 20 rings (SSSR count). The van der Waals surface area contributed by atoms with Crippen LogP contribution < -0.4 is 65.6 Å². The number of ether oxygens (including phenoxy) is 9. The maximum atomic E-state index is 13.2. The Morgan fingerprint density at radius 1 is 0.377 bits per heavy atom. The second-order valence-electron chi connectivity index (χ2n) is 34.6. The number of piperazine rings is 1. The zero-order valence-electron chi connectivity index (χ0n) is 81.9. The summed E-state index contributed by atoms with van der Waals surface area (Å²) in [6.07, 6.45) is 10.8. The van der Waals surface area contributed by atoms with Gasteiger partial charge in [-0.25, -0.2) is 24.9 Å². The van der Waals surface area contributed by atoms with Gasteiger partial charge in [-0.15, -0.1) is 0 Å². The molecule has 12 N–H and O–H groups in total. The maximum Gasteiger partial charge on any atom is 0.253 e. The number of amides is 1. The summed E-state index contributed by atoms with van der Waals surface area (Å²) in [7, 11) is 16.2. The summed E-state index contributed by atoms with van der Waals surface area (Å²) in [5, 5.41) is 13.9. The monoisotopic (exact) mass is 2030 g/mol. The zero-order valence-corrected chi connectivity index (χ0v) is 85.1. The molecule has 1 amide bonds. The number of rotatable bonds is 31. The molecule has 0 bridgehead atoms. The van der Waals surface area contributed by atoms with Crippen molar-refractivity contribution >= 4 is 183 Å². The number of methoxy groups -OCH3 is 9. The van der Waals surface area contributed by atoms with E-state index < -0.39 is 0 Å². The first kappa shape index (κ1) is 101. The van der Waals surface area contributed by atoms with Gasteiger partial charge >= 0.3 is 0 Å². The number of para-hydroxylation sites is 1. The number of anilines is 4. The fraction of sp³-hybridized carbons (Fsp3) is 0.231. The Hall–Kier alpha value is -16.6. The number of pyridine rings is 2. The Labute approximate surface area is 858 Å². The van der Waals surface area contributed by atoms with Gasteiger partial charge in [-0.1, -0.05) is 54.6 Å². The molecule has 34 nitrogen and oxygen atoms in total. The summed E-state index contributed by atoms with van der Waals surface area (Å²) >= 11 is 22.0. The van der Waals surface area contributed by atoms with Crippen LogP contribution in [0.3, 0.4) is 0 Å². The number of H-pyrrole nitrogens is 4. The number of carbonyl (C=O) groups excluding carboxylic acids is 4. The number of fused-ring (bicyclic) bond motifs is 8. The van der Waals surface area contributed by atoms with E-state index in [4.69, 9.17) is 114 Å². The third-order valence-corrected chi connectivity index (χ3v) is 27.1. The molecule has 0 aliphatic carbocycles. The number of nitrogens with zero attached hydrogens (tertiary/aromatic N) is 13. The molecule has 1 aliphatic heterocycles. The molecule has 10 aromatic heterocycles. The fourth-order valence-electron chi connectivity index (χ4n) is 17.9. The molecule has 1 saturated heterocycles.